The molecule has 0 unspecified atom stereocenters. The highest BCUT2D eigenvalue weighted by Crippen LogP contribution is 2.20. The fourth-order valence-electron chi connectivity index (χ4n) is 1.98. The van der Waals surface area contributed by atoms with Gasteiger partial charge >= 0.3 is 0 Å². The smallest absolute Gasteiger partial charge is 0.239 e. The van der Waals surface area contributed by atoms with Crippen LogP contribution < -0.4 is 15.5 Å². The Morgan fingerprint density at radius 1 is 1.47 bits per heavy atom. The van der Waals surface area contributed by atoms with Gasteiger partial charge in [0.05, 0.1) is 12.2 Å². The summed E-state index contributed by atoms with van der Waals surface area (Å²) in [5, 5.41) is 5.87. The van der Waals surface area contributed by atoms with Gasteiger partial charge in [0.2, 0.25) is 5.91 Å². The highest BCUT2D eigenvalue weighted by molar-refractivity contribution is 5.81. The molecule has 1 aliphatic rings. The van der Waals surface area contributed by atoms with Crippen molar-refractivity contribution in [1.82, 2.24) is 10.6 Å². The molecule has 104 valence electrons. The van der Waals surface area contributed by atoms with Crippen LogP contribution in [0.1, 0.15) is 18.4 Å². The maximum atomic E-state index is 13.9. The minimum absolute atomic E-state index is 0.0521. The molecule has 0 aliphatic heterocycles. The summed E-state index contributed by atoms with van der Waals surface area (Å²) in [6.45, 7) is 0.807. The van der Waals surface area contributed by atoms with Gasteiger partial charge in [-0.2, -0.15) is 0 Å². The molecule has 1 aromatic rings. The zero-order valence-electron chi connectivity index (χ0n) is 11.4. The maximum absolute atomic E-state index is 13.9. The molecule has 0 spiro atoms. The number of rotatable bonds is 6. The Morgan fingerprint density at radius 3 is 2.79 bits per heavy atom. The summed E-state index contributed by atoms with van der Waals surface area (Å²) < 4.78 is 13.9. The lowest BCUT2D eigenvalue weighted by Crippen LogP contribution is -2.36. The highest BCUT2D eigenvalue weighted by Gasteiger charge is 2.23. The normalized spacial score (nSPS) is 14.3. The Labute approximate surface area is 113 Å². The lowest BCUT2D eigenvalue weighted by atomic mass is 10.2. The molecule has 0 atom stereocenters. The Hall–Kier alpha value is -1.62. The second-order valence-electron chi connectivity index (χ2n) is 5.01. The highest BCUT2D eigenvalue weighted by atomic mass is 19.1. The zero-order chi connectivity index (χ0) is 13.8. The Bertz CT molecular complexity index is 460. The predicted octanol–water partition coefficient (Wildman–Crippen LogP) is 1.26. The number of carbonyl (C=O) groups is 1. The number of halogens is 1. The van der Waals surface area contributed by atoms with Crippen molar-refractivity contribution < 1.29 is 9.18 Å². The Balaban J connectivity index is 1.97. The van der Waals surface area contributed by atoms with Crippen molar-refractivity contribution >= 4 is 11.6 Å². The Kier molecular flexibility index (Phi) is 4.37. The molecule has 1 aliphatic carbocycles. The van der Waals surface area contributed by atoms with Gasteiger partial charge in [0.15, 0.2) is 0 Å². The molecule has 19 heavy (non-hydrogen) atoms. The molecule has 1 amide bonds. The monoisotopic (exact) mass is 265 g/mol. The number of carbonyl (C=O) groups excluding carboxylic acids is 1. The summed E-state index contributed by atoms with van der Waals surface area (Å²) in [7, 11) is 3.54. The van der Waals surface area contributed by atoms with Crippen LogP contribution >= 0.6 is 0 Å². The maximum Gasteiger partial charge on any atom is 0.239 e. The number of nitrogens with one attached hydrogen (secondary N) is 2. The quantitative estimate of drug-likeness (QED) is 0.814. The van der Waals surface area contributed by atoms with Crippen molar-refractivity contribution in [3.05, 3.63) is 29.6 Å². The van der Waals surface area contributed by atoms with Gasteiger partial charge in [-0.1, -0.05) is 6.07 Å². The molecule has 2 N–H and O–H groups in total. The molecule has 0 heterocycles. The van der Waals surface area contributed by atoms with E-state index in [-0.39, 0.29) is 18.3 Å². The van der Waals surface area contributed by atoms with Crippen LogP contribution in [0.25, 0.3) is 0 Å². The van der Waals surface area contributed by atoms with Crippen LogP contribution in [0.3, 0.4) is 0 Å². The average Bonchev–Trinajstić information content (AvgIpc) is 3.13. The zero-order valence-corrected chi connectivity index (χ0v) is 11.4. The van der Waals surface area contributed by atoms with Gasteiger partial charge in [0, 0.05) is 19.6 Å². The molecule has 1 fully saturated rings. The molecule has 5 heteroatoms. The van der Waals surface area contributed by atoms with Gasteiger partial charge in [-0.05, 0) is 37.6 Å². The molecule has 0 aromatic heterocycles. The standard InChI is InChI=1S/C14H20FN3O/c1-16-8-10-3-6-13(12(15)7-10)18(2)9-14(19)17-11-4-5-11/h3,6-7,11,16H,4-5,8-9H2,1-2H3,(H,17,19). The van der Waals surface area contributed by atoms with Crippen molar-refractivity contribution in [3.63, 3.8) is 0 Å². The van der Waals surface area contributed by atoms with Crippen LogP contribution in [0, 0.1) is 5.82 Å². The van der Waals surface area contributed by atoms with Crippen LogP contribution in [-0.4, -0.2) is 32.6 Å². The number of benzene rings is 1. The number of nitrogens with zero attached hydrogens (tertiary/aromatic N) is 1. The van der Waals surface area contributed by atoms with E-state index in [0.717, 1.165) is 18.4 Å². The van der Waals surface area contributed by atoms with Crippen LogP contribution in [0.15, 0.2) is 18.2 Å². The number of hydrogen-bond donors (Lipinski definition) is 2. The molecule has 0 saturated heterocycles. The summed E-state index contributed by atoms with van der Waals surface area (Å²) in [4.78, 5) is 13.3. The third-order valence-electron chi connectivity index (χ3n) is 3.13. The molecular formula is C14H20FN3O. The van der Waals surface area contributed by atoms with E-state index in [1.807, 2.05) is 13.1 Å². The molecule has 2 rings (SSSR count). The first kappa shape index (κ1) is 13.8. The fourth-order valence-corrected chi connectivity index (χ4v) is 1.98. The van der Waals surface area contributed by atoms with E-state index >= 15 is 0 Å². The van der Waals surface area contributed by atoms with E-state index in [4.69, 9.17) is 0 Å². The summed E-state index contributed by atoms with van der Waals surface area (Å²) in [5.41, 5.74) is 1.34. The summed E-state index contributed by atoms with van der Waals surface area (Å²) in [5.74, 6) is -0.349. The third-order valence-corrected chi connectivity index (χ3v) is 3.13. The summed E-state index contributed by atoms with van der Waals surface area (Å²) in [6, 6.07) is 5.42. The van der Waals surface area contributed by atoms with Crippen LogP contribution in [0.2, 0.25) is 0 Å². The minimum Gasteiger partial charge on any atom is -0.363 e. The largest absolute Gasteiger partial charge is 0.363 e. The first-order chi connectivity index (χ1) is 9.10. The number of hydrogen-bond acceptors (Lipinski definition) is 3. The van der Waals surface area contributed by atoms with Crippen molar-refractivity contribution in [2.45, 2.75) is 25.4 Å². The van der Waals surface area contributed by atoms with E-state index in [1.165, 1.54) is 6.07 Å². The van der Waals surface area contributed by atoms with Crippen molar-refractivity contribution in [2.75, 3.05) is 25.5 Å². The fraction of sp³-hybridized carbons (Fsp3) is 0.500. The van der Waals surface area contributed by atoms with Gasteiger partial charge < -0.3 is 15.5 Å². The van der Waals surface area contributed by atoms with E-state index in [9.17, 15) is 9.18 Å². The Morgan fingerprint density at radius 2 is 2.21 bits per heavy atom. The molecule has 1 aromatic carbocycles. The van der Waals surface area contributed by atoms with E-state index in [0.29, 0.717) is 18.3 Å². The lowest BCUT2D eigenvalue weighted by molar-refractivity contribution is -0.119. The minimum atomic E-state index is -0.297. The SMILES string of the molecule is CNCc1ccc(N(C)CC(=O)NC2CC2)c(F)c1. The molecule has 0 bridgehead atoms. The molecule has 0 radical (unpaired) electrons. The number of likely N-dealkylation sites (N-methyl/N-ethyl adjacent to an activating group) is 1. The summed E-state index contributed by atoms with van der Waals surface area (Å²) in [6.07, 6.45) is 2.12. The van der Waals surface area contributed by atoms with Crippen LogP contribution in [0.5, 0.6) is 0 Å². The number of anilines is 1. The number of amides is 1. The van der Waals surface area contributed by atoms with Gasteiger partial charge in [-0.3, -0.25) is 4.79 Å². The van der Waals surface area contributed by atoms with Gasteiger partial charge in [0.25, 0.3) is 0 Å². The van der Waals surface area contributed by atoms with Gasteiger partial charge in [-0.25, -0.2) is 4.39 Å². The topological polar surface area (TPSA) is 44.4 Å². The molecular weight excluding hydrogens is 245 g/mol. The van der Waals surface area contributed by atoms with Crippen molar-refractivity contribution in [2.24, 2.45) is 0 Å². The first-order valence-electron chi connectivity index (χ1n) is 6.53. The predicted molar refractivity (Wildman–Crippen MR) is 73.6 cm³/mol. The van der Waals surface area contributed by atoms with E-state index < -0.39 is 0 Å². The third kappa shape index (κ3) is 3.92. The van der Waals surface area contributed by atoms with Gasteiger partial charge in [0.1, 0.15) is 5.82 Å². The van der Waals surface area contributed by atoms with Crippen molar-refractivity contribution in [3.8, 4) is 0 Å². The first-order valence-corrected chi connectivity index (χ1v) is 6.53. The van der Waals surface area contributed by atoms with Crippen LogP contribution in [0.4, 0.5) is 10.1 Å². The lowest BCUT2D eigenvalue weighted by Gasteiger charge is -2.20. The molecule has 1 saturated carbocycles. The van der Waals surface area contributed by atoms with E-state index in [2.05, 4.69) is 10.6 Å². The van der Waals surface area contributed by atoms with E-state index in [1.54, 1.807) is 18.0 Å². The second kappa shape index (κ2) is 6.02. The average molecular weight is 265 g/mol. The van der Waals surface area contributed by atoms with Crippen LogP contribution in [-0.2, 0) is 11.3 Å². The molecule has 4 nitrogen and oxygen atoms in total. The summed E-state index contributed by atoms with van der Waals surface area (Å²) >= 11 is 0. The second-order valence-corrected chi connectivity index (χ2v) is 5.01. The van der Waals surface area contributed by atoms with Gasteiger partial charge in [-0.15, -0.1) is 0 Å². The van der Waals surface area contributed by atoms with Crippen molar-refractivity contribution in [1.29, 1.82) is 0 Å².